The predicted molar refractivity (Wildman–Crippen MR) is 87.4 cm³/mol. The topological polar surface area (TPSA) is 107 Å². The minimum atomic E-state index is -3.04. The Kier molecular flexibility index (Phi) is 4.49. The zero-order chi connectivity index (χ0) is 17.3. The molecule has 0 aromatic heterocycles. The van der Waals surface area contributed by atoms with Gasteiger partial charge in [0.05, 0.1) is 11.5 Å². The molecular formula is C16H20N2O5S. The molecule has 1 saturated heterocycles. The summed E-state index contributed by atoms with van der Waals surface area (Å²) >= 11 is 0. The molecule has 24 heavy (non-hydrogen) atoms. The van der Waals surface area contributed by atoms with Gasteiger partial charge in [0.25, 0.3) is 5.91 Å². The van der Waals surface area contributed by atoms with Crippen molar-refractivity contribution in [2.45, 2.75) is 31.3 Å². The Bertz CT molecular complexity index is 740. The molecule has 2 aliphatic rings. The highest BCUT2D eigenvalue weighted by Gasteiger charge is 2.42. The summed E-state index contributed by atoms with van der Waals surface area (Å²) in [5.74, 6) is -0.0757. The fourth-order valence-electron chi connectivity index (χ4n) is 2.99. The smallest absolute Gasteiger partial charge is 0.261 e. The molecule has 7 nitrogen and oxygen atoms in total. The van der Waals surface area contributed by atoms with E-state index in [1.54, 1.807) is 17.0 Å². The molecule has 1 aromatic carbocycles. The Labute approximate surface area is 140 Å². The van der Waals surface area contributed by atoms with Crippen LogP contribution >= 0.6 is 0 Å². The molecule has 2 N–H and O–H groups in total. The van der Waals surface area contributed by atoms with Crippen molar-refractivity contribution in [2.24, 2.45) is 5.73 Å². The van der Waals surface area contributed by atoms with Crippen LogP contribution in [0.4, 0.5) is 0 Å². The summed E-state index contributed by atoms with van der Waals surface area (Å²) in [6.07, 6.45) is 2.32. The summed E-state index contributed by atoms with van der Waals surface area (Å²) in [6.45, 7) is -0.150. The molecular weight excluding hydrogens is 332 g/mol. The number of nitrogens with zero attached hydrogens (tertiary/aromatic N) is 1. The average molecular weight is 352 g/mol. The van der Waals surface area contributed by atoms with Gasteiger partial charge in [-0.1, -0.05) is 0 Å². The maximum atomic E-state index is 12.5. The van der Waals surface area contributed by atoms with Crippen LogP contribution in [0.1, 0.15) is 29.6 Å². The third-order valence-electron chi connectivity index (χ3n) is 4.33. The number of hydrogen-bond acceptors (Lipinski definition) is 5. The Morgan fingerprint density at radius 3 is 2.29 bits per heavy atom. The second kappa shape index (κ2) is 6.43. The van der Waals surface area contributed by atoms with E-state index in [-0.39, 0.29) is 36.1 Å². The quantitative estimate of drug-likeness (QED) is 0.795. The second-order valence-electron chi connectivity index (χ2n) is 6.27. The van der Waals surface area contributed by atoms with Crippen molar-refractivity contribution in [3.05, 3.63) is 29.8 Å². The third kappa shape index (κ3) is 3.87. The normalized spacial score (nSPS) is 22.1. The summed E-state index contributed by atoms with van der Waals surface area (Å²) in [7, 11) is -3.04. The molecule has 1 atom stereocenters. The van der Waals surface area contributed by atoms with E-state index in [1.807, 2.05) is 0 Å². The number of rotatable bonds is 6. The van der Waals surface area contributed by atoms with Crippen molar-refractivity contribution in [1.29, 1.82) is 0 Å². The third-order valence-corrected chi connectivity index (χ3v) is 6.08. The number of amides is 2. The fourth-order valence-corrected chi connectivity index (χ4v) is 4.70. The number of carbonyl (C=O) groups is 2. The number of ether oxygens (including phenoxy) is 1. The monoisotopic (exact) mass is 352 g/mol. The highest BCUT2D eigenvalue weighted by atomic mass is 32.2. The number of nitrogens with two attached hydrogens (primary N) is 1. The van der Waals surface area contributed by atoms with Crippen molar-refractivity contribution in [3.63, 3.8) is 0 Å². The molecule has 1 aliphatic heterocycles. The van der Waals surface area contributed by atoms with Crippen LogP contribution in [0.2, 0.25) is 0 Å². The van der Waals surface area contributed by atoms with Gasteiger partial charge in [0.1, 0.15) is 5.75 Å². The molecule has 0 bridgehead atoms. The molecule has 0 spiro atoms. The lowest BCUT2D eigenvalue weighted by Crippen LogP contribution is -2.45. The van der Waals surface area contributed by atoms with E-state index in [4.69, 9.17) is 10.5 Å². The SMILES string of the molecule is NC(=O)c1ccc(OCC(=O)N(C2CC2)[C@H]2CCS(=O)(=O)C2)cc1. The molecule has 1 aliphatic carbocycles. The van der Waals surface area contributed by atoms with Crippen LogP contribution in [0.3, 0.4) is 0 Å². The van der Waals surface area contributed by atoms with Gasteiger partial charge in [-0.05, 0) is 43.5 Å². The van der Waals surface area contributed by atoms with Gasteiger partial charge in [-0.25, -0.2) is 8.42 Å². The standard InChI is InChI=1S/C16H20N2O5S/c17-16(20)11-1-5-14(6-2-11)23-9-15(19)18(12-3-4-12)13-7-8-24(21,22)10-13/h1-2,5-6,12-13H,3-4,7-10H2,(H2,17,20)/t13-/m0/s1. The summed E-state index contributed by atoms with van der Waals surface area (Å²) in [6, 6.07) is 6.12. The van der Waals surface area contributed by atoms with Crippen molar-refractivity contribution in [2.75, 3.05) is 18.1 Å². The Hall–Kier alpha value is -2.09. The van der Waals surface area contributed by atoms with E-state index in [1.165, 1.54) is 12.1 Å². The van der Waals surface area contributed by atoms with Crippen molar-refractivity contribution in [3.8, 4) is 5.75 Å². The lowest BCUT2D eigenvalue weighted by Gasteiger charge is -2.28. The molecule has 2 fully saturated rings. The summed E-state index contributed by atoms with van der Waals surface area (Å²) in [5, 5.41) is 0. The molecule has 1 heterocycles. The molecule has 1 saturated carbocycles. The van der Waals surface area contributed by atoms with Crippen molar-refractivity contribution >= 4 is 21.7 Å². The first kappa shape index (κ1) is 16.8. The van der Waals surface area contributed by atoms with Gasteiger partial charge in [0.15, 0.2) is 16.4 Å². The summed E-state index contributed by atoms with van der Waals surface area (Å²) in [4.78, 5) is 25.2. The highest BCUT2D eigenvalue weighted by Crippen LogP contribution is 2.32. The lowest BCUT2D eigenvalue weighted by atomic mass is 10.2. The Balaban J connectivity index is 1.61. The average Bonchev–Trinajstić information content (AvgIpc) is 3.29. The van der Waals surface area contributed by atoms with Crippen molar-refractivity contribution < 1.29 is 22.7 Å². The Morgan fingerprint density at radius 1 is 1.12 bits per heavy atom. The van der Waals surface area contributed by atoms with Crippen LogP contribution in [-0.4, -0.2) is 55.3 Å². The van der Waals surface area contributed by atoms with Gasteiger partial charge in [0.2, 0.25) is 5.91 Å². The molecule has 0 radical (unpaired) electrons. The summed E-state index contributed by atoms with van der Waals surface area (Å²) in [5.41, 5.74) is 5.53. The van der Waals surface area contributed by atoms with Crippen LogP contribution in [0.15, 0.2) is 24.3 Å². The molecule has 1 aromatic rings. The second-order valence-corrected chi connectivity index (χ2v) is 8.50. The van der Waals surface area contributed by atoms with E-state index >= 15 is 0 Å². The molecule has 3 rings (SSSR count). The van der Waals surface area contributed by atoms with E-state index in [9.17, 15) is 18.0 Å². The largest absolute Gasteiger partial charge is 0.484 e. The highest BCUT2D eigenvalue weighted by molar-refractivity contribution is 7.91. The summed E-state index contributed by atoms with van der Waals surface area (Å²) < 4.78 is 28.8. The predicted octanol–water partition coefficient (Wildman–Crippen LogP) is 0.342. The number of sulfone groups is 1. The number of primary amides is 1. The first-order valence-corrected chi connectivity index (χ1v) is 9.72. The lowest BCUT2D eigenvalue weighted by molar-refractivity contribution is -0.135. The number of benzene rings is 1. The Morgan fingerprint density at radius 2 is 1.79 bits per heavy atom. The van der Waals surface area contributed by atoms with Gasteiger partial charge in [-0.2, -0.15) is 0 Å². The molecule has 2 amide bonds. The van der Waals surface area contributed by atoms with E-state index in [0.29, 0.717) is 17.7 Å². The van der Waals surface area contributed by atoms with E-state index in [2.05, 4.69) is 0 Å². The molecule has 0 unspecified atom stereocenters. The number of hydrogen-bond donors (Lipinski definition) is 1. The van der Waals surface area contributed by atoms with Crippen LogP contribution in [0.5, 0.6) is 5.75 Å². The first-order valence-electron chi connectivity index (χ1n) is 7.90. The minimum Gasteiger partial charge on any atom is -0.484 e. The minimum absolute atomic E-state index is 0.0442. The van der Waals surface area contributed by atoms with Gasteiger partial charge in [-0.3, -0.25) is 9.59 Å². The van der Waals surface area contributed by atoms with Gasteiger partial charge < -0.3 is 15.4 Å². The maximum Gasteiger partial charge on any atom is 0.261 e. The molecule has 130 valence electrons. The van der Waals surface area contributed by atoms with E-state index in [0.717, 1.165) is 12.8 Å². The molecule has 8 heteroatoms. The van der Waals surface area contributed by atoms with Gasteiger partial charge >= 0.3 is 0 Å². The number of carbonyl (C=O) groups excluding carboxylic acids is 2. The van der Waals surface area contributed by atoms with Crippen LogP contribution in [-0.2, 0) is 14.6 Å². The van der Waals surface area contributed by atoms with Gasteiger partial charge in [-0.15, -0.1) is 0 Å². The van der Waals surface area contributed by atoms with Crippen LogP contribution in [0.25, 0.3) is 0 Å². The van der Waals surface area contributed by atoms with Gasteiger partial charge in [0, 0.05) is 17.6 Å². The first-order chi connectivity index (χ1) is 11.4. The van der Waals surface area contributed by atoms with Crippen LogP contribution < -0.4 is 10.5 Å². The van der Waals surface area contributed by atoms with Crippen LogP contribution in [0, 0.1) is 0 Å². The zero-order valence-corrected chi connectivity index (χ0v) is 14.0. The van der Waals surface area contributed by atoms with Crippen molar-refractivity contribution in [1.82, 2.24) is 4.90 Å². The fraction of sp³-hybridized carbons (Fsp3) is 0.500. The zero-order valence-electron chi connectivity index (χ0n) is 13.2. The van der Waals surface area contributed by atoms with E-state index < -0.39 is 15.7 Å². The maximum absolute atomic E-state index is 12.5.